The summed E-state index contributed by atoms with van der Waals surface area (Å²) in [5.74, 6) is -0.752. The van der Waals surface area contributed by atoms with Gasteiger partial charge in [-0.1, -0.05) is 17.7 Å². The van der Waals surface area contributed by atoms with E-state index in [4.69, 9.17) is 28.9 Å². The number of nitrogen functional groups attached to an aromatic ring is 1. The number of hydrogen-bond donors (Lipinski definition) is 1. The molecular weight excluding hydrogens is 423 g/mol. The molecule has 1 aliphatic carbocycles. The van der Waals surface area contributed by atoms with Gasteiger partial charge in [-0.25, -0.2) is 0 Å². The van der Waals surface area contributed by atoms with Gasteiger partial charge in [0.15, 0.2) is 5.82 Å². The molecule has 28 heavy (non-hydrogen) atoms. The number of thioether (sulfide) groups is 1. The molecule has 0 atom stereocenters. The van der Waals surface area contributed by atoms with Crippen molar-refractivity contribution in [3.63, 3.8) is 0 Å². The minimum absolute atomic E-state index is 0.216. The Bertz CT molecular complexity index is 1030. The average Bonchev–Trinajstić information content (AvgIpc) is 3.14. The highest BCUT2D eigenvalue weighted by Gasteiger charge is 2.40. The number of nitrogens with zero attached hydrogens (tertiary/aromatic N) is 3. The van der Waals surface area contributed by atoms with Gasteiger partial charge in [0.05, 0.1) is 10.4 Å². The number of nitrogens with two attached hydrogens (primary N) is 1. The van der Waals surface area contributed by atoms with Crippen LogP contribution in [-0.2, 0) is 4.79 Å². The van der Waals surface area contributed by atoms with Gasteiger partial charge in [-0.3, -0.25) is 19.3 Å². The third-order valence-electron chi connectivity index (χ3n) is 4.90. The number of carbonyl (C=O) groups is 3. The molecule has 1 saturated carbocycles. The van der Waals surface area contributed by atoms with Crippen LogP contribution in [0.3, 0.4) is 0 Å². The number of carbonyl (C=O) groups excluding carboxylic acids is 3. The van der Waals surface area contributed by atoms with Crippen LogP contribution in [0.4, 0.5) is 10.6 Å². The summed E-state index contributed by atoms with van der Waals surface area (Å²) in [7, 11) is 0. The number of fused-ring (bicyclic) bond motifs is 1. The van der Waals surface area contributed by atoms with E-state index in [1.54, 1.807) is 24.3 Å². The number of para-hydroxylation sites is 1. The van der Waals surface area contributed by atoms with E-state index in [0.29, 0.717) is 41.5 Å². The number of halogens is 2. The molecule has 146 valence electrons. The number of aromatic nitrogens is 2. The first-order chi connectivity index (χ1) is 13.3. The first-order valence-electron chi connectivity index (χ1n) is 8.67. The fourth-order valence-electron chi connectivity index (χ4n) is 3.38. The summed E-state index contributed by atoms with van der Waals surface area (Å²) in [6.45, 7) is -0.401. The van der Waals surface area contributed by atoms with Gasteiger partial charge < -0.3 is 5.73 Å². The summed E-state index contributed by atoms with van der Waals surface area (Å²) >= 11 is 13.1. The predicted octanol–water partition coefficient (Wildman–Crippen LogP) is 3.96. The Labute approximate surface area is 174 Å². The highest BCUT2D eigenvalue weighted by Crippen LogP contribution is 2.44. The molecule has 2 heterocycles. The fourth-order valence-corrected chi connectivity index (χ4v) is 4.73. The van der Waals surface area contributed by atoms with E-state index in [1.807, 2.05) is 0 Å². The highest BCUT2D eigenvalue weighted by atomic mass is 35.5. The maximum Gasteiger partial charge on any atom is 0.294 e. The smallest absolute Gasteiger partial charge is 0.294 e. The van der Waals surface area contributed by atoms with E-state index >= 15 is 0 Å². The van der Waals surface area contributed by atoms with Gasteiger partial charge in [0.2, 0.25) is 0 Å². The van der Waals surface area contributed by atoms with Gasteiger partial charge in [-0.15, -0.1) is 28.3 Å². The van der Waals surface area contributed by atoms with Crippen molar-refractivity contribution >= 4 is 68.7 Å². The van der Waals surface area contributed by atoms with Crippen LogP contribution in [0, 0.1) is 0 Å². The summed E-state index contributed by atoms with van der Waals surface area (Å²) in [5, 5.41) is 4.22. The maximum absolute atomic E-state index is 12.8. The molecule has 1 aromatic heterocycles. The Morgan fingerprint density at radius 3 is 2.61 bits per heavy atom. The molecule has 0 unspecified atom stereocenters. The third-order valence-corrected chi connectivity index (χ3v) is 6.72. The third kappa shape index (κ3) is 3.40. The van der Waals surface area contributed by atoms with Gasteiger partial charge in [-0.2, -0.15) is 4.68 Å². The number of amides is 2. The molecule has 0 radical (unpaired) electrons. The van der Waals surface area contributed by atoms with E-state index in [1.165, 1.54) is 0 Å². The van der Waals surface area contributed by atoms with Crippen LogP contribution in [0.25, 0.3) is 10.9 Å². The van der Waals surface area contributed by atoms with Crippen LogP contribution >= 0.6 is 35.0 Å². The van der Waals surface area contributed by atoms with E-state index in [9.17, 15) is 14.4 Å². The number of benzene rings is 1. The van der Waals surface area contributed by atoms with Crippen molar-refractivity contribution in [1.29, 1.82) is 0 Å². The van der Waals surface area contributed by atoms with Crippen molar-refractivity contribution in [1.82, 2.24) is 14.7 Å². The van der Waals surface area contributed by atoms with Crippen LogP contribution in [0.1, 0.15) is 30.5 Å². The topological polar surface area (TPSA) is 98.3 Å². The zero-order chi connectivity index (χ0) is 20.1. The Morgan fingerprint density at radius 2 is 1.89 bits per heavy atom. The molecule has 1 saturated heterocycles. The van der Waals surface area contributed by atoms with E-state index in [2.05, 4.69) is 5.10 Å². The first-order valence-corrected chi connectivity index (χ1v) is 10.2. The predicted molar refractivity (Wildman–Crippen MR) is 109 cm³/mol. The standard InChI is InChI=1S/C18H16Cl2N4O3S/c19-18(20)7-5-10(6-8-18)14-16(26)23(17(27)28-14)9-13(25)24-12-4-2-1-3-11(12)15(21)22-24/h1-4H,5-9H2,(H2,21,22). The number of allylic oxidation sites excluding steroid dienone is 1. The molecule has 4 rings (SSSR count). The molecular formula is C18H16Cl2N4O3S. The van der Waals surface area contributed by atoms with Gasteiger partial charge in [0.1, 0.15) is 10.9 Å². The highest BCUT2D eigenvalue weighted by molar-refractivity contribution is 8.18. The SMILES string of the molecule is Nc1nn(C(=O)CN2C(=O)SC(=C3CCC(Cl)(Cl)CC3)C2=O)c2ccccc12. The molecule has 2 amide bonds. The van der Waals surface area contributed by atoms with Gasteiger partial charge >= 0.3 is 0 Å². The number of anilines is 1. The van der Waals surface area contributed by atoms with Gasteiger partial charge in [0.25, 0.3) is 17.1 Å². The largest absolute Gasteiger partial charge is 0.382 e. The van der Waals surface area contributed by atoms with Crippen molar-refractivity contribution in [3.05, 3.63) is 34.7 Å². The fraction of sp³-hybridized carbons (Fsp3) is 0.333. The molecule has 2 aliphatic rings. The van der Waals surface area contributed by atoms with E-state index < -0.39 is 27.9 Å². The summed E-state index contributed by atoms with van der Waals surface area (Å²) in [4.78, 5) is 39.2. The second kappa shape index (κ2) is 7.09. The lowest BCUT2D eigenvalue weighted by atomic mass is 9.93. The molecule has 0 spiro atoms. The lowest BCUT2D eigenvalue weighted by molar-refractivity contribution is -0.122. The second-order valence-corrected chi connectivity index (χ2v) is 9.36. The molecule has 1 aromatic carbocycles. The first kappa shape index (κ1) is 19.3. The van der Waals surface area contributed by atoms with E-state index in [-0.39, 0.29) is 5.82 Å². The molecule has 1 aliphatic heterocycles. The molecule has 2 fully saturated rings. The molecule has 7 nitrogen and oxygen atoms in total. The number of imide groups is 1. The number of alkyl halides is 2. The second-order valence-electron chi connectivity index (χ2n) is 6.76. The quantitative estimate of drug-likeness (QED) is 0.562. The van der Waals surface area contributed by atoms with Gasteiger partial charge in [-0.05, 0) is 49.6 Å². The number of hydrogen-bond acceptors (Lipinski definition) is 6. The minimum atomic E-state index is -0.795. The lowest BCUT2D eigenvalue weighted by Gasteiger charge is -2.26. The molecule has 10 heteroatoms. The molecule has 2 N–H and O–H groups in total. The summed E-state index contributed by atoms with van der Waals surface area (Å²) in [6, 6.07) is 7.01. The van der Waals surface area contributed by atoms with Crippen LogP contribution in [0.5, 0.6) is 0 Å². The Balaban J connectivity index is 1.56. The Morgan fingerprint density at radius 1 is 1.21 bits per heavy atom. The summed E-state index contributed by atoms with van der Waals surface area (Å²) in [6.07, 6.45) is 2.15. The normalized spacial score (nSPS) is 19.7. The van der Waals surface area contributed by atoms with Crippen LogP contribution in [-0.4, -0.2) is 42.6 Å². The van der Waals surface area contributed by atoms with Crippen LogP contribution < -0.4 is 5.73 Å². The van der Waals surface area contributed by atoms with Gasteiger partial charge in [0, 0.05) is 5.39 Å². The zero-order valence-electron chi connectivity index (χ0n) is 14.7. The van der Waals surface area contributed by atoms with Crippen molar-refractivity contribution in [2.45, 2.75) is 30.0 Å². The van der Waals surface area contributed by atoms with Crippen LogP contribution in [0.15, 0.2) is 34.7 Å². The minimum Gasteiger partial charge on any atom is -0.382 e. The van der Waals surface area contributed by atoms with Crippen LogP contribution in [0.2, 0.25) is 0 Å². The summed E-state index contributed by atoms with van der Waals surface area (Å²) in [5.41, 5.74) is 7.25. The summed E-state index contributed by atoms with van der Waals surface area (Å²) < 4.78 is 0.341. The zero-order valence-corrected chi connectivity index (χ0v) is 17.0. The Kier molecular flexibility index (Phi) is 4.89. The maximum atomic E-state index is 12.8. The van der Waals surface area contributed by atoms with E-state index in [0.717, 1.165) is 26.9 Å². The monoisotopic (exact) mass is 438 g/mol. The lowest BCUT2D eigenvalue weighted by Crippen LogP contribution is -2.36. The van der Waals surface area contributed by atoms with Crippen molar-refractivity contribution in [3.8, 4) is 0 Å². The average molecular weight is 439 g/mol. The Hall–Kier alpha value is -2.03. The number of rotatable bonds is 2. The molecule has 0 bridgehead atoms. The van der Waals surface area contributed by atoms with Crippen molar-refractivity contribution in [2.24, 2.45) is 0 Å². The van der Waals surface area contributed by atoms with Crippen molar-refractivity contribution < 1.29 is 14.4 Å². The van der Waals surface area contributed by atoms with Crippen molar-refractivity contribution in [2.75, 3.05) is 12.3 Å². The molecule has 2 aromatic rings.